The molecule has 0 bridgehead atoms. The summed E-state index contributed by atoms with van der Waals surface area (Å²) < 4.78 is 62.7. The maximum atomic E-state index is 13.8. The minimum atomic E-state index is -4.14. The van der Waals surface area contributed by atoms with Gasteiger partial charge in [-0.1, -0.05) is 11.6 Å². The summed E-state index contributed by atoms with van der Waals surface area (Å²) in [5.41, 5.74) is 4.97. The molecule has 0 amide bonds. The van der Waals surface area contributed by atoms with Crippen molar-refractivity contribution in [2.24, 2.45) is 5.92 Å². The number of hydrogen-bond acceptors (Lipinski definition) is 5. The van der Waals surface area contributed by atoms with Crippen molar-refractivity contribution in [3.63, 3.8) is 0 Å². The van der Waals surface area contributed by atoms with Crippen molar-refractivity contribution >= 4 is 37.1 Å². The van der Waals surface area contributed by atoms with E-state index in [1.54, 1.807) is 0 Å². The van der Waals surface area contributed by atoms with Crippen molar-refractivity contribution in [1.82, 2.24) is 4.72 Å². The van der Waals surface area contributed by atoms with Gasteiger partial charge < -0.3 is 5.73 Å². The number of benzene rings is 1. The van der Waals surface area contributed by atoms with Crippen molar-refractivity contribution in [2.45, 2.75) is 11.3 Å². The summed E-state index contributed by atoms with van der Waals surface area (Å²) in [6.07, 6.45) is 0.380. The maximum Gasteiger partial charge on any atom is 0.243 e. The second kappa shape index (κ2) is 5.71. The predicted octanol–water partition coefficient (Wildman–Crippen LogP) is 0.774. The monoisotopic (exact) mass is 356 g/mol. The molecule has 1 atom stereocenters. The molecule has 6 nitrogen and oxygen atoms in total. The van der Waals surface area contributed by atoms with Gasteiger partial charge in [0, 0.05) is 11.6 Å². The van der Waals surface area contributed by atoms with Crippen molar-refractivity contribution in [3.8, 4) is 0 Å². The van der Waals surface area contributed by atoms with Gasteiger partial charge in [-0.3, -0.25) is 0 Å². The number of sulfone groups is 1. The normalized spacial score (nSPS) is 21.5. The highest BCUT2D eigenvalue weighted by atomic mass is 35.5. The predicted molar refractivity (Wildman–Crippen MR) is 77.8 cm³/mol. The van der Waals surface area contributed by atoms with Gasteiger partial charge in [0.25, 0.3) is 0 Å². The fourth-order valence-electron chi connectivity index (χ4n) is 2.12. The molecule has 1 aromatic carbocycles. The molecular weight excluding hydrogens is 343 g/mol. The van der Waals surface area contributed by atoms with Gasteiger partial charge in [-0.25, -0.2) is 25.9 Å². The zero-order valence-corrected chi connectivity index (χ0v) is 13.2. The lowest BCUT2D eigenvalue weighted by Gasteiger charge is -2.12. The first-order chi connectivity index (χ1) is 9.61. The Hall–Kier alpha value is -0.900. The number of halogens is 2. The zero-order chi connectivity index (χ0) is 15.8. The Morgan fingerprint density at radius 1 is 1.43 bits per heavy atom. The highest BCUT2D eigenvalue weighted by Gasteiger charge is 2.30. The first-order valence-electron chi connectivity index (χ1n) is 6.05. The van der Waals surface area contributed by atoms with Crippen LogP contribution in [0.2, 0.25) is 5.02 Å². The van der Waals surface area contributed by atoms with Gasteiger partial charge in [-0.15, -0.1) is 0 Å². The van der Waals surface area contributed by atoms with Crippen LogP contribution in [0.4, 0.5) is 10.1 Å². The summed E-state index contributed by atoms with van der Waals surface area (Å²) in [6, 6.07) is 2.07. The standard InChI is InChI=1S/C11H14ClFN2O4S2/c12-8-3-9(14)11(13)10(4-8)21(18,19)15-5-7-1-2-20(16,17)6-7/h3-4,7,15H,1-2,5-6,14H2. The number of nitrogens with one attached hydrogen (secondary N) is 1. The topological polar surface area (TPSA) is 106 Å². The Morgan fingerprint density at radius 3 is 2.67 bits per heavy atom. The van der Waals surface area contributed by atoms with Crippen LogP contribution in [0.15, 0.2) is 17.0 Å². The molecule has 1 fully saturated rings. The minimum absolute atomic E-state index is 0.00211. The number of nitrogens with two attached hydrogens (primary N) is 1. The van der Waals surface area contributed by atoms with E-state index >= 15 is 0 Å². The van der Waals surface area contributed by atoms with E-state index in [1.165, 1.54) is 0 Å². The average molecular weight is 357 g/mol. The van der Waals surface area contributed by atoms with E-state index in [0.717, 1.165) is 12.1 Å². The fraction of sp³-hybridized carbons (Fsp3) is 0.455. The van der Waals surface area contributed by atoms with Gasteiger partial charge in [0.1, 0.15) is 4.90 Å². The minimum Gasteiger partial charge on any atom is -0.396 e. The molecule has 1 unspecified atom stereocenters. The van der Waals surface area contributed by atoms with E-state index in [9.17, 15) is 21.2 Å². The van der Waals surface area contributed by atoms with Crippen molar-refractivity contribution in [2.75, 3.05) is 23.8 Å². The molecule has 0 aromatic heterocycles. The molecular formula is C11H14ClFN2O4S2. The summed E-state index contributed by atoms with van der Waals surface area (Å²) in [5.74, 6) is -1.43. The number of sulfonamides is 1. The van der Waals surface area contributed by atoms with Crippen LogP contribution in [0.1, 0.15) is 6.42 Å². The van der Waals surface area contributed by atoms with E-state index in [4.69, 9.17) is 17.3 Å². The molecule has 1 aliphatic rings. The van der Waals surface area contributed by atoms with E-state index in [-0.39, 0.29) is 34.7 Å². The van der Waals surface area contributed by atoms with Crippen LogP contribution in [0.25, 0.3) is 0 Å². The molecule has 0 spiro atoms. The maximum absolute atomic E-state index is 13.8. The molecule has 118 valence electrons. The highest BCUT2D eigenvalue weighted by molar-refractivity contribution is 7.91. The lowest BCUT2D eigenvalue weighted by molar-refractivity contribution is 0.533. The second-order valence-electron chi connectivity index (χ2n) is 4.93. The molecule has 21 heavy (non-hydrogen) atoms. The van der Waals surface area contributed by atoms with Crippen LogP contribution in [-0.4, -0.2) is 34.9 Å². The Bertz CT molecular complexity index is 765. The lowest BCUT2D eigenvalue weighted by Crippen LogP contribution is -2.30. The first-order valence-corrected chi connectivity index (χ1v) is 9.73. The largest absolute Gasteiger partial charge is 0.396 e. The molecule has 3 N–H and O–H groups in total. The second-order valence-corrected chi connectivity index (χ2v) is 9.33. The molecule has 1 heterocycles. The third-order valence-corrected chi connectivity index (χ3v) is 6.69. The van der Waals surface area contributed by atoms with Crippen molar-refractivity contribution < 1.29 is 21.2 Å². The van der Waals surface area contributed by atoms with Gasteiger partial charge >= 0.3 is 0 Å². The van der Waals surface area contributed by atoms with Crippen LogP contribution in [0.3, 0.4) is 0 Å². The van der Waals surface area contributed by atoms with Gasteiger partial charge in [0.05, 0.1) is 17.2 Å². The third kappa shape index (κ3) is 3.85. The van der Waals surface area contributed by atoms with Crippen LogP contribution >= 0.6 is 11.6 Å². The fourth-order valence-corrected chi connectivity index (χ4v) is 5.52. The molecule has 0 radical (unpaired) electrons. The summed E-state index contributed by atoms with van der Waals surface area (Å²) >= 11 is 5.67. The summed E-state index contributed by atoms with van der Waals surface area (Å²) in [4.78, 5) is -0.645. The van der Waals surface area contributed by atoms with Gasteiger partial charge in [-0.05, 0) is 24.5 Å². The Morgan fingerprint density at radius 2 is 2.10 bits per heavy atom. The quantitative estimate of drug-likeness (QED) is 0.775. The molecule has 0 saturated carbocycles. The van der Waals surface area contributed by atoms with Crippen LogP contribution in [-0.2, 0) is 19.9 Å². The van der Waals surface area contributed by atoms with Crippen LogP contribution in [0.5, 0.6) is 0 Å². The first kappa shape index (κ1) is 16.5. The van der Waals surface area contributed by atoms with Crippen molar-refractivity contribution in [3.05, 3.63) is 23.0 Å². The molecule has 0 aliphatic carbocycles. The van der Waals surface area contributed by atoms with E-state index in [1.807, 2.05) is 0 Å². The smallest absolute Gasteiger partial charge is 0.243 e. The number of nitrogen functional groups attached to an aromatic ring is 1. The Labute approximate surface area is 127 Å². The highest BCUT2D eigenvalue weighted by Crippen LogP contribution is 2.25. The van der Waals surface area contributed by atoms with Gasteiger partial charge in [-0.2, -0.15) is 0 Å². The molecule has 1 aromatic rings. The molecule has 1 aliphatic heterocycles. The average Bonchev–Trinajstić information content (AvgIpc) is 2.71. The number of anilines is 1. The third-order valence-electron chi connectivity index (χ3n) is 3.21. The molecule has 1 saturated heterocycles. The van der Waals surface area contributed by atoms with Crippen LogP contribution < -0.4 is 10.5 Å². The van der Waals surface area contributed by atoms with Gasteiger partial charge in [0.2, 0.25) is 10.0 Å². The van der Waals surface area contributed by atoms with Crippen LogP contribution in [0, 0.1) is 11.7 Å². The van der Waals surface area contributed by atoms with E-state index in [2.05, 4.69) is 4.72 Å². The van der Waals surface area contributed by atoms with E-state index < -0.39 is 30.6 Å². The molecule has 2 rings (SSSR count). The number of rotatable bonds is 4. The Balaban J connectivity index is 2.16. The molecule has 10 heteroatoms. The summed E-state index contributed by atoms with van der Waals surface area (Å²) in [7, 11) is -7.24. The lowest BCUT2D eigenvalue weighted by atomic mass is 10.1. The SMILES string of the molecule is Nc1cc(Cl)cc(S(=O)(=O)NCC2CCS(=O)(=O)C2)c1F. The van der Waals surface area contributed by atoms with Crippen molar-refractivity contribution in [1.29, 1.82) is 0 Å². The van der Waals surface area contributed by atoms with E-state index in [0.29, 0.717) is 6.42 Å². The summed E-state index contributed by atoms with van der Waals surface area (Å²) in [5, 5.41) is -0.00211. The zero-order valence-electron chi connectivity index (χ0n) is 10.8. The Kier molecular flexibility index (Phi) is 4.48. The van der Waals surface area contributed by atoms with Gasteiger partial charge in [0.15, 0.2) is 15.7 Å². The number of hydrogen-bond donors (Lipinski definition) is 2. The summed E-state index contributed by atoms with van der Waals surface area (Å²) in [6.45, 7) is -0.0760.